The minimum absolute atomic E-state index is 0.00369. The summed E-state index contributed by atoms with van der Waals surface area (Å²) < 4.78 is 43.8. The number of amides is 2. The van der Waals surface area contributed by atoms with Crippen molar-refractivity contribution in [2.45, 2.75) is 18.6 Å². The number of piperazine rings is 1. The molecule has 1 aromatic rings. The van der Waals surface area contributed by atoms with Crippen LogP contribution in [0.5, 0.6) is 0 Å². The first-order valence-electron chi connectivity index (χ1n) is 8.90. The lowest BCUT2D eigenvalue weighted by Gasteiger charge is -2.36. The van der Waals surface area contributed by atoms with E-state index in [9.17, 15) is 22.8 Å². The van der Waals surface area contributed by atoms with Crippen LogP contribution < -0.4 is 5.32 Å². The van der Waals surface area contributed by atoms with Crippen LogP contribution in [0.1, 0.15) is 22.3 Å². The van der Waals surface area contributed by atoms with Crippen molar-refractivity contribution in [3.05, 3.63) is 35.4 Å². The maximum atomic E-state index is 12.8. The molecule has 2 heterocycles. The Bertz CT molecular complexity index is 682. The third kappa shape index (κ3) is 4.98. The van der Waals surface area contributed by atoms with E-state index >= 15 is 0 Å². The van der Waals surface area contributed by atoms with Crippen LogP contribution in [0, 0.1) is 0 Å². The third-order valence-corrected chi connectivity index (χ3v) is 4.78. The largest absolute Gasteiger partial charge is 0.416 e. The van der Waals surface area contributed by atoms with Crippen LogP contribution in [0.2, 0.25) is 0 Å². The Morgan fingerprint density at radius 3 is 2.48 bits per heavy atom. The number of hydrogen-bond donors (Lipinski definition) is 1. The van der Waals surface area contributed by atoms with Gasteiger partial charge in [0.25, 0.3) is 5.91 Å². The Morgan fingerprint density at radius 2 is 1.85 bits per heavy atom. The quantitative estimate of drug-likeness (QED) is 0.854. The number of morpholine rings is 1. The molecule has 148 valence electrons. The minimum atomic E-state index is -4.49. The van der Waals surface area contributed by atoms with Gasteiger partial charge in [-0.1, -0.05) is 6.07 Å². The fourth-order valence-corrected chi connectivity index (χ4v) is 3.26. The SMILES string of the molecule is O=C(CC1COCCN1)N1CCN(C(=O)c2cccc(C(F)(F)F)c2)CC1. The van der Waals surface area contributed by atoms with Crippen LogP contribution in [0.3, 0.4) is 0 Å². The Hall–Kier alpha value is -2.13. The van der Waals surface area contributed by atoms with Crippen molar-refractivity contribution in [1.82, 2.24) is 15.1 Å². The van der Waals surface area contributed by atoms with Gasteiger partial charge in [0, 0.05) is 50.7 Å². The van der Waals surface area contributed by atoms with Gasteiger partial charge in [-0.05, 0) is 18.2 Å². The molecule has 2 fully saturated rings. The zero-order valence-electron chi connectivity index (χ0n) is 14.8. The molecule has 0 bridgehead atoms. The van der Waals surface area contributed by atoms with Gasteiger partial charge >= 0.3 is 6.18 Å². The molecule has 27 heavy (non-hydrogen) atoms. The first-order valence-corrected chi connectivity index (χ1v) is 8.90. The number of ether oxygens (including phenoxy) is 1. The second kappa shape index (κ2) is 8.26. The normalized spacial score (nSPS) is 21.2. The summed E-state index contributed by atoms with van der Waals surface area (Å²) in [5.41, 5.74) is -0.836. The molecule has 0 aromatic heterocycles. The molecule has 1 atom stereocenters. The molecule has 0 aliphatic carbocycles. The Balaban J connectivity index is 1.54. The molecule has 2 aliphatic heterocycles. The van der Waals surface area contributed by atoms with E-state index in [0.717, 1.165) is 18.7 Å². The van der Waals surface area contributed by atoms with E-state index in [4.69, 9.17) is 4.74 Å². The van der Waals surface area contributed by atoms with E-state index < -0.39 is 17.6 Å². The van der Waals surface area contributed by atoms with Crippen LogP contribution in [0.25, 0.3) is 0 Å². The Labute approximate surface area is 155 Å². The highest BCUT2D eigenvalue weighted by Crippen LogP contribution is 2.29. The molecule has 9 heteroatoms. The van der Waals surface area contributed by atoms with E-state index in [2.05, 4.69) is 5.32 Å². The number of alkyl halides is 3. The summed E-state index contributed by atoms with van der Waals surface area (Å²) in [5.74, 6) is -0.459. The van der Waals surface area contributed by atoms with Crippen LogP contribution >= 0.6 is 0 Å². The van der Waals surface area contributed by atoms with Crippen molar-refractivity contribution in [2.75, 3.05) is 45.9 Å². The standard InChI is InChI=1S/C18H22F3N3O3/c19-18(20,21)14-3-1-2-13(10-14)17(26)24-7-5-23(6-8-24)16(25)11-15-12-27-9-4-22-15/h1-3,10,15,22H,4-9,11-12H2. The van der Waals surface area contributed by atoms with Crippen molar-refractivity contribution < 1.29 is 27.5 Å². The van der Waals surface area contributed by atoms with E-state index in [-0.39, 0.29) is 17.5 Å². The molecular weight excluding hydrogens is 363 g/mol. The molecule has 1 aromatic carbocycles. The van der Waals surface area contributed by atoms with Gasteiger partial charge < -0.3 is 19.9 Å². The van der Waals surface area contributed by atoms with E-state index in [1.165, 1.54) is 17.0 Å². The molecule has 1 unspecified atom stereocenters. The van der Waals surface area contributed by atoms with E-state index in [0.29, 0.717) is 45.8 Å². The predicted octanol–water partition coefficient (Wildman–Crippen LogP) is 1.37. The summed E-state index contributed by atoms with van der Waals surface area (Å²) in [5, 5.41) is 3.23. The predicted molar refractivity (Wildman–Crippen MR) is 91.2 cm³/mol. The second-order valence-electron chi connectivity index (χ2n) is 6.68. The fourth-order valence-electron chi connectivity index (χ4n) is 3.26. The lowest BCUT2D eigenvalue weighted by atomic mass is 10.1. The lowest BCUT2D eigenvalue weighted by molar-refractivity contribution is -0.137. The molecule has 6 nitrogen and oxygen atoms in total. The van der Waals surface area contributed by atoms with Gasteiger partial charge in [0.05, 0.1) is 18.8 Å². The molecule has 1 N–H and O–H groups in total. The zero-order valence-corrected chi connectivity index (χ0v) is 14.8. The highest BCUT2D eigenvalue weighted by Gasteiger charge is 2.32. The Kier molecular flexibility index (Phi) is 6.01. The van der Waals surface area contributed by atoms with Crippen molar-refractivity contribution in [1.29, 1.82) is 0 Å². The smallest absolute Gasteiger partial charge is 0.378 e. The van der Waals surface area contributed by atoms with Gasteiger partial charge in [0.15, 0.2) is 0 Å². The van der Waals surface area contributed by atoms with Gasteiger partial charge in [-0.3, -0.25) is 9.59 Å². The summed E-state index contributed by atoms with van der Waals surface area (Å²) >= 11 is 0. The monoisotopic (exact) mass is 385 g/mol. The average Bonchev–Trinajstić information content (AvgIpc) is 2.68. The van der Waals surface area contributed by atoms with Crippen LogP contribution in [-0.2, 0) is 15.7 Å². The van der Waals surface area contributed by atoms with Gasteiger partial charge in [-0.15, -0.1) is 0 Å². The average molecular weight is 385 g/mol. The van der Waals surface area contributed by atoms with Crippen molar-refractivity contribution >= 4 is 11.8 Å². The third-order valence-electron chi connectivity index (χ3n) is 4.78. The first-order chi connectivity index (χ1) is 12.8. The van der Waals surface area contributed by atoms with E-state index in [1.807, 2.05) is 0 Å². The molecule has 3 rings (SSSR count). The number of carbonyl (C=O) groups excluding carboxylic acids is 2. The summed E-state index contributed by atoms with van der Waals surface area (Å²) in [6.45, 7) is 3.21. The second-order valence-corrected chi connectivity index (χ2v) is 6.68. The van der Waals surface area contributed by atoms with Crippen LogP contribution in [-0.4, -0.2) is 73.6 Å². The number of benzene rings is 1. The van der Waals surface area contributed by atoms with Crippen molar-refractivity contribution in [3.63, 3.8) is 0 Å². The topological polar surface area (TPSA) is 61.9 Å². The molecule has 0 radical (unpaired) electrons. The minimum Gasteiger partial charge on any atom is -0.378 e. The highest BCUT2D eigenvalue weighted by molar-refractivity contribution is 5.94. The maximum Gasteiger partial charge on any atom is 0.416 e. The van der Waals surface area contributed by atoms with Crippen molar-refractivity contribution in [2.24, 2.45) is 0 Å². The summed E-state index contributed by atoms with van der Waals surface area (Å²) in [6, 6.07) is 4.42. The molecule has 0 spiro atoms. The van der Waals surface area contributed by atoms with Crippen molar-refractivity contribution in [3.8, 4) is 0 Å². The number of halogens is 3. The molecular formula is C18H22F3N3O3. The lowest BCUT2D eigenvalue weighted by Crippen LogP contribution is -2.52. The maximum absolute atomic E-state index is 12.8. The number of nitrogens with one attached hydrogen (secondary N) is 1. The van der Waals surface area contributed by atoms with Gasteiger partial charge in [-0.25, -0.2) is 0 Å². The number of nitrogens with zero attached hydrogens (tertiary/aromatic N) is 2. The Morgan fingerprint density at radius 1 is 1.15 bits per heavy atom. The van der Waals surface area contributed by atoms with E-state index in [1.54, 1.807) is 4.90 Å². The summed E-state index contributed by atoms with van der Waals surface area (Å²) in [6.07, 6.45) is -4.15. The highest BCUT2D eigenvalue weighted by atomic mass is 19.4. The molecule has 2 saturated heterocycles. The molecule has 2 aliphatic rings. The zero-order chi connectivity index (χ0) is 19.4. The fraction of sp³-hybridized carbons (Fsp3) is 0.556. The summed E-state index contributed by atoms with van der Waals surface area (Å²) in [7, 11) is 0. The van der Waals surface area contributed by atoms with Gasteiger partial charge in [0.1, 0.15) is 0 Å². The molecule has 2 amide bonds. The molecule has 0 saturated carbocycles. The summed E-state index contributed by atoms with van der Waals surface area (Å²) in [4.78, 5) is 28.0. The van der Waals surface area contributed by atoms with Crippen LogP contribution in [0.4, 0.5) is 13.2 Å². The van der Waals surface area contributed by atoms with Gasteiger partial charge in [0.2, 0.25) is 5.91 Å². The first kappa shape index (κ1) is 19.6. The number of hydrogen-bond acceptors (Lipinski definition) is 4. The van der Waals surface area contributed by atoms with Crippen LogP contribution in [0.15, 0.2) is 24.3 Å². The number of carbonyl (C=O) groups is 2. The van der Waals surface area contributed by atoms with Gasteiger partial charge in [-0.2, -0.15) is 13.2 Å². The number of rotatable bonds is 3.